The highest BCUT2D eigenvalue weighted by Gasteiger charge is 2.35. The number of hydrogen-bond acceptors (Lipinski definition) is 7. The van der Waals surface area contributed by atoms with Crippen molar-refractivity contribution in [1.82, 2.24) is 4.90 Å². The molecule has 1 aliphatic heterocycles. The van der Waals surface area contributed by atoms with Gasteiger partial charge in [-0.3, -0.25) is 9.69 Å². The van der Waals surface area contributed by atoms with Gasteiger partial charge < -0.3 is 19.4 Å². The van der Waals surface area contributed by atoms with Crippen LogP contribution >= 0.6 is 24.0 Å². The molecule has 1 aromatic carbocycles. The standard InChI is InChI=1S/C17H15NO5S2/c1-4-7-23-12-6-5-11(8-13(12)22-3)9-14-15(19)18(17(24)25-14)10(2)16(20)21/h1,5-6,8-10H,7H2,2-3H3,(H,20,21)/p-1/b14-9-/t10-/m0/s1. The fourth-order valence-electron chi connectivity index (χ4n) is 2.08. The molecule has 1 amide bonds. The quantitative estimate of drug-likeness (QED) is 0.417. The van der Waals surface area contributed by atoms with Crippen LogP contribution in [0.1, 0.15) is 12.5 Å². The predicted molar refractivity (Wildman–Crippen MR) is 96.8 cm³/mol. The minimum atomic E-state index is -1.37. The molecule has 8 heteroatoms. The number of ether oxygens (including phenoxy) is 2. The van der Waals surface area contributed by atoms with Gasteiger partial charge in [0, 0.05) is 0 Å². The Kier molecular flexibility index (Phi) is 6.07. The van der Waals surface area contributed by atoms with Gasteiger partial charge in [0.25, 0.3) is 5.91 Å². The summed E-state index contributed by atoms with van der Waals surface area (Å²) in [6, 6.07) is 3.95. The van der Waals surface area contributed by atoms with Crippen molar-refractivity contribution in [3.05, 3.63) is 28.7 Å². The van der Waals surface area contributed by atoms with Gasteiger partial charge in [-0.15, -0.1) is 6.42 Å². The first-order valence-corrected chi connectivity index (χ1v) is 8.33. The Labute approximate surface area is 154 Å². The smallest absolute Gasteiger partial charge is 0.266 e. The van der Waals surface area contributed by atoms with Gasteiger partial charge in [-0.1, -0.05) is 36.0 Å². The van der Waals surface area contributed by atoms with Gasteiger partial charge in [0.05, 0.1) is 24.0 Å². The summed E-state index contributed by atoms with van der Waals surface area (Å²) in [5, 5.41) is 11.0. The molecule has 0 saturated carbocycles. The number of rotatable bonds is 6. The van der Waals surface area contributed by atoms with Crippen molar-refractivity contribution in [2.75, 3.05) is 13.7 Å². The van der Waals surface area contributed by atoms with Crippen LogP contribution in [-0.4, -0.2) is 40.9 Å². The minimum Gasteiger partial charge on any atom is -0.548 e. The predicted octanol–water partition coefficient (Wildman–Crippen LogP) is 1.05. The van der Waals surface area contributed by atoms with E-state index in [1.165, 1.54) is 14.0 Å². The summed E-state index contributed by atoms with van der Waals surface area (Å²) in [5.41, 5.74) is 0.673. The number of thioether (sulfide) groups is 1. The zero-order valence-corrected chi connectivity index (χ0v) is 15.1. The molecule has 0 N–H and O–H groups in total. The van der Waals surface area contributed by atoms with E-state index in [-0.39, 0.29) is 10.9 Å². The largest absolute Gasteiger partial charge is 0.548 e. The number of hydrogen-bond donors (Lipinski definition) is 0. The molecule has 1 atom stereocenters. The molecule has 1 saturated heterocycles. The molecule has 1 aliphatic rings. The highest BCUT2D eigenvalue weighted by Crippen LogP contribution is 2.35. The summed E-state index contributed by atoms with van der Waals surface area (Å²) in [6.45, 7) is 1.46. The number of amides is 1. The lowest BCUT2D eigenvalue weighted by Crippen LogP contribution is -2.48. The number of carboxylic acids is 1. The van der Waals surface area contributed by atoms with E-state index in [0.29, 0.717) is 22.0 Å². The zero-order valence-electron chi connectivity index (χ0n) is 13.5. The third-order valence-electron chi connectivity index (χ3n) is 3.35. The molecule has 2 rings (SSSR count). The number of benzene rings is 1. The summed E-state index contributed by atoms with van der Waals surface area (Å²) >= 11 is 6.13. The van der Waals surface area contributed by atoms with Crippen LogP contribution in [0.5, 0.6) is 11.5 Å². The lowest BCUT2D eigenvalue weighted by Gasteiger charge is -2.23. The van der Waals surface area contributed by atoms with E-state index in [1.807, 2.05) is 0 Å². The number of thiocarbonyl (C=S) groups is 1. The van der Waals surface area contributed by atoms with E-state index in [4.69, 9.17) is 28.1 Å². The van der Waals surface area contributed by atoms with Gasteiger partial charge in [0.2, 0.25) is 0 Å². The lowest BCUT2D eigenvalue weighted by molar-refractivity contribution is -0.309. The summed E-state index contributed by atoms with van der Waals surface area (Å²) in [4.78, 5) is 24.8. The van der Waals surface area contributed by atoms with Crippen LogP contribution in [0, 0.1) is 12.3 Å². The highest BCUT2D eigenvalue weighted by molar-refractivity contribution is 8.26. The molecule has 130 valence electrons. The van der Waals surface area contributed by atoms with E-state index < -0.39 is 17.9 Å². The van der Waals surface area contributed by atoms with Crippen molar-refractivity contribution in [2.45, 2.75) is 13.0 Å². The Hall–Kier alpha value is -2.50. The monoisotopic (exact) mass is 376 g/mol. The van der Waals surface area contributed by atoms with Crippen LogP contribution in [0.4, 0.5) is 0 Å². The van der Waals surface area contributed by atoms with Gasteiger partial charge >= 0.3 is 0 Å². The second-order valence-corrected chi connectivity index (χ2v) is 6.63. The average molecular weight is 376 g/mol. The Bertz CT molecular complexity index is 797. The maximum Gasteiger partial charge on any atom is 0.266 e. The summed E-state index contributed by atoms with van der Waals surface area (Å²) < 4.78 is 10.8. The number of carbonyl (C=O) groups is 2. The maximum absolute atomic E-state index is 12.4. The van der Waals surface area contributed by atoms with Crippen molar-refractivity contribution in [3.63, 3.8) is 0 Å². The van der Waals surface area contributed by atoms with Gasteiger partial charge in [-0.2, -0.15) is 0 Å². The first-order valence-electron chi connectivity index (χ1n) is 7.11. The van der Waals surface area contributed by atoms with Crippen molar-refractivity contribution < 1.29 is 24.2 Å². The second kappa shape index (κ2) is 8.05. The van der Waals surface area contributed by atoms with Crippen molar-refractivity contribution in [1.29, 1.82) is 0 Å². The molecule has 1 aromatic rings. The molecule has 25 heavy (non-hydrogen) atoms. The third kappa shape index (κ3) is 4.13. The van der Waals surface area contributed by atoms with Crippen LogP contribution in [0.3, 0.4) is 0 Å². The Morgan fingerprint density at radius 2 is 2.24 bits per heavy atom. The van der Waals surface area contributed by atoms with Gasteiger partial charge in [-0.25, -0.2) is 0 Å². The lowest BCUT2D eigenvalue weighted by atomic mass is 10.1. The first-order chi connectivity index (χ1) is 11.9. The summed E-state index contributed by atoms with van der Waals surface area (Å²) in [5.74, 6) is 1.47. The molecule has 0 aliphatic carbocycles. The SMILES string of the molecule is C#CCOc1ccc(/C=C2\SC(=S)N([C@@H](C)C(=O)[O-])C2=O)cc1OC. The number of methoxy groups -OCH3 is 1. The van der Waals surface area contributed by atoms with E-state index in [1.54, 1.807) is 24.3 Å². The van der Waals surface area contributed by atoms with Crippen molar-refractivity contribution in [3.8, 4) is 23.8 Å². The molecule has 1 heterocycles. The van der Waals surface area contributed by atoms with E-state index in [9.17, 15) is 14.7 Å². The molecule has 0 unspecified atom stereocenters. The van der Waals surface area contributed by atoms with Gasteiger partial charge in [-0.05, 0) is 30.7 Å². The zero-order chi connectivity index (χ0) is 18.6. The number of carboxylic acid groups (broad SMARTS) is 1. The molecular weight excluding hydrogens is 362 g/mol. The van der Waals surface area contributed by atoms with Crippen LogP contribution in [-0.2, 0) is 9.59 Å². The second-order valence-electron chi connectivity index (χ2n) is 4.95. The van der Waals surface area contributed by atoms with Crippen molar-refractivity contribution in [2.24, 2.45) is 0 Å². The van der Waals surface area contributed by atoms with Crippen LogP contribution in [0.15, 0.2) is 23.1 Å². The fraction of sp³-hybridized carbons (Fsp3) is 0.235. The maximum atomic E-state index is 12.4. The summed E-state index contributed by atoms with van der Waals surface area (Å²) in [6.07, 6.45) is 6.77. The summed E-state index contributed by atoms with van der Waals surface area (Å²) in [7, 11) is 1.49. The molecular formula is C17H14NO5S2-. The molecule has 1 fully saturated rings. The molecule has 0 aromatic heterocycles. The van der Waals surface area contributed by atoms with Crippen LogP contribution in [0.2, 0.25) is 0 Å². The molecule has 0 radical (unpaired) electrons. The molecule has 6 nitrogen and oxygen atoms in total. The topological polar surface area (TPSA) is 78.9 Å². The fourth-order valence-corrected chi connectivity index (χ4v) is 3.50. The third-order valence-corrected chi connectivity index (χ3v) is 4.68. The van der Waals surface area contributed by atoms with Crippen LogP contribution < -0.4 is 14.6 Å². The van der Waals surface area contributed by atoms with E-state index >= 15 is 0 Å². The first kappa shape index (κ1) is 18.8. The average Bonchev–Trinajstić information content (AvgIpc) is 2.86. The van der Waals surface area contributed by atoms with Gasteiger partial charge in [0.15, 0.2) is 11.5 Å². The van der Waals surface area contributed by atoms with Gasteiger partial charge in [0.1, 0.15) is 10.9 Å². The van der Waals surface area contributed by atoms with E-state index in [2.05, 4.69) is 5.92 Å². The Morgan fingerprint density at radius 1 is 1.52 bits per heavy atom. The Balaban J connectivity index is 2.29. The number of carbonyl (C=O) groups excluding carboxylic acids is 2. The normalized spacial score (nSPS) is 16.7. The number of nitrogens with zero attached hydrogens (tertiary/aromatic N) is 1. The molecule has 0 bridgehead atoms. The minimum absolute atomic E-state index is 0.107. The molecule has 0 spiro atoms. The number of aliphatic carboxylic acids is 1. The Morgan fingerprint density at radius 3 is 2.84 bits per heavy atom. The van der Waals surface area contributed by atoms with E-state index in [0.717, 1.165) is 16.7 Å². The van der Waals surface area contributed by atoms with Crippen molar-refractivity contribution >= 4 is 46.3 Å². The van der Waals surface area contributed by atoms with Crippen LogP contribution in [0.25, 0.3) is 6.08 Å². The highest BCUT2D eigenvalue weighted by atomic mass is 32.2. The number of terminal acetylenes is 1.